The lowest BCUT2D eigenvalue weighted by Crippen LogP contribution is -1.97. The summed E-state index contributed by atoms with van der Waals surface area (Å²) in [5, 5.41) is 0. The maximum atomic E-state index is 6.19. The van der Waals surface area contributed by atoms with E-state index in [0.717, 1.165) is 120 Å². The molecule has 9 rings (SSSR count). The standard InChI is InChI=1S/C53H48N4OS/c1-34-8-14-37(15-9-34)50-42-24-26-44(54-42)51(38-16-10-35(2)11-17-38)46-28-30-48(56-46)53(40-20-22-41(23-21-40)58-32-6-4-5-7-33-59)49-31-29-47(57-49)52(45-27-25-43(50)55-45)39-18-12-36(3)13-19-39/h8-31,54,57,59H,4-7,32-33H2,1-3H3. The molecule has 0 unspecified atom stereocenters. The predicted molar refractivity (Wildman–Crippen MR) is 253 cm³/mol. The first-order valence-electron chi connectivity index (χ1n) is 20.6. The Morgan fingerprint density at radius 1 is 0.407 bits per heavy atom. The summed E-state index contributed by atoms with van der Waals surface area (Å²) in [6.45, 7) is 7.07. The molecule has 0 aliphatic carbocycles. The predicted octanol–water partition coefficient (Wildman–Crippen LogP) is 14.1. The summed E-state index contributed by atoms with van der Waals surface area (Å²) in [6, 6.07) is 43.3. The van der Waals surface area contributed by atoms with Crippen LogP contribution in [0.4, 0.5) is 0 Å². The van der Waals surface area contributed by atoms with Gasteiger partial charge in [0.25, 0.3) is 0 Å². The Hall–Kier alpha value is -6.37. The highest BCUT2D eigenvalue weighted by atomic mass is 32.1. The largest absolute Gasteiger partial charge is 0.494 e. The van der Waals surface area contributed by atoms with Crippen LogP contribution in [0, 0.1) is 20.8 Å². The number of thiol groups is 1. The third kappa shape index (κ3) is 8.06. The van der Waals surface area contributed by atoms with Gasteiger partial charge in [-0.2, -0.15) is 12.6 Å². The SMILES string of the molecule is Cc1ccc(-c2c3nc(c(-c4ccc(C)cc4)c4ccc([nH]4)c(-c4ccc(OCCCCCCS)cc4)c4nc(c(-c5ccc(C)cc5)c5ccc2[nH]5)C=C4)C=C3)cc1. The van der Waals surface area contributed by atoms with E-state index in [2.05, 4.69) is 189 Å². The summed E-state index contributed by atoms with van der Waals surface area (Å²) >= 11 is 4.35. The highest BCUT2D eigenvalue weighted by Crippen LogP contribution is 2.39. The first-order chi connectivity index (χ1) is 28.9. The van der Waals surface area contributed by atoms with E-state index >= 15 is 0 Å². The Labute approximate surface area is 352 Å². The molecule has 292 valence electrons. The van der Waals surface area contributed by atoms with Gasteiger partial charge in [0.05, 0.1) is 29.4 Å². The molecule has 2 aliphatic rings. The fraction of sp³-hybridized carbons (Fsp3) is 0.170. The molecule has 2 N–H and O–H groups in total. The number of H-pyrrole nitrogens is 2. The molecule has 0 amide bonds. The number of hydrogen-bond acceptors (Lipinski definition) is 4. The van der Waals surface area contributed by atoms with E-state index in [1.165, 1.54) is 23.1 Å². The first kappa shape index (κ1) is 38.2. The summed E-state index contributed by atoms with van der Waals surface area (Å²) in [5.41, 5.74) is 19.6. The molecule has 7 aromatic rings. The second-order valence-electron chi connectivity index (χ2n) is 15.6. The molecular formula is C53H48N4OS. The number of nitrogens with one attached hydrogen (secondary N) is 2. The molecule has 59 heavy (non-hydrogen) atoms. The van der Waals surface area contributed by atoms with Crippen molar-refractivity contribution in [1.29, 1.82) is 0 Å². The van der Waals surface area contributed by atoms with E-state index in [0.29, 0.717) is 6.61 Å². The Bertz CT molecular complexity index is 2820. The van der Waals surface area contributed by atoms with Gasteiger partial charge in [0.1, 0.15) is 5.75 Å². The van der Waals surface area contributed by atoms with Gasteiger partial charge >= 0.3 is 0 Å². The lowest BCUT2D eigenvalue weighted by molar-refractivity contribution is 0.305. The monoisotopic (exact) mass is 788 g/mol. The third-order valence-corrected chi connectivity index (χ3v) is 11.6. The van der Waals surface area contributed by atoms with Gasteiger partial charge in [-0.15, -0.1) is 0 Å². The lowest BCUT2D eigenvalue weighted by atomic mass is 10.0. The summed E-state index contributed by atoms with van der Waals surface area (Å²) in [7, 11) is 0. The van der Waals surface area contributed by atoms with Crippen molar-refractivity contribution in [1.82, 2.24) is 19.9 Å². The fourth-order valence-corrected chi connectivity index (χ4v) is 8.28. The second-order valence-corrected chi connectivity index (χ2v) is 16.1. The average Bonchev–Trinajstić information content (AvgIpc) is 4.10. The van der Waals surface area contributed by atoms with Gasteiger partial charge in [-0.1, -0.05) is 114 Å². The molecular weight excluding hydrogens is 741 g/mol. The number of benzene rings is 4. The topological polar surface area (TPSA) is 66.6 Å². The molecule has 0 atom stereocenters. The lowest BCUT2D eigenvalue weighted by Gasteiger charge is -2.09. The minimum Gasteiger partial charge on any atom is -0.494 e. The van der Waals surface area contributed by atoms with Gasteiger partial charge in [-0.3, -0.25) is 0 Å². The zero-order valence-corrected chi connectivity index (χ0v) is 34.7. The zero-order valence-electron chi connectivity index (χ0n) is 33.8. The molecule has 3 aromatic heterocycles. The van der Waals surface area contributed by atoms with Gasteiger partial charge in [-0.25, -0.2) is 9.97 Å². The van der Waals surface area contributed by atoms with Crippen LogP contribution in [0.15, 0.2) is 121 Å². The molecule has 4 aromatic carbocycles. The van der Waals surface area contributed by atoms with E-state index in [1.54, 1.807) is 0 Å². The molecule has 5 nitrogen and oxygen atoms in total. The highest BCUT2D eigenvalue weighted by Gasteiger charge is 2.19. The Morgan fingerprint density at radius 3 is 1.07 bits per heavy atom. The van der Waals surface area contributed by atoms with Crippen molar-refractivity contribution in [2.45, 2.75) is 46.5 Å². The van der Waals surface area contributed by atoms with Crippen LogP contribution >= 0.6 is 12.6 Å². The van der Waals surface area contributed by atoms with E-state index < -0.39 is 0 Å². The number of aryl methyl sites for hydroxylation is 3. The zero-order chi connectivity index (χ0) is 40.3. The van der Waals surface area contributed by atoms with E-state index in [-0.39, 0.29) is 0 Å². The highest BCUT2D eigenvalue weighted by molar-refractivity contribution is 7.80. The van der Waals surface area contributed by atoms with Crippen molar-refractivity contribution in [3.05, 3.63) is 161 Å². The molecule has 0 radical (unpaired) electrons. The number of unbranched alkanes of at least 4 members (excludes halogenated alkanes) is 3. The minimum atomic E-state index is 0.702. The van der Waals surface area contributed by atoms with Crippen LogP contribution in [0.25, 0.3) is 90.9 Å². The Morgan fingerprint density at radius 2 is 0.729 bits per heavy atom. The quantitative estimate of drug-likeness (QED) is 0.0903. The van der Waals surface area contributed by atoms with Crippen molar-refractivity contribution in [2.75, 3.05) is 12.4 Å². The number of ether oxygens (including phenoxy) is 1. The number of rotatable bonds is 11. The van der Waals surface area contributed by atoms with Gasteiger partial charge in [0, 0.05) is 44.3 Å². The maximum absolute atomic E-state index is 6.19. The Balaban J connectivity index is 1.32. The number of fused-ring (bicyclic) bond motifs is 8. The molecule has 6 heteroatoms. The van der Waals surface area contributed by atoms with Crippen molar-refractivity contribution in [2.24, 2.45) is 0 Å². The number of hydrogen-bond donors (Lipinski definition) is 3. The number of aromatic nitrogens is 4. The van der Waals surface area contributed by atoms with Crippen LogP contribution in [0.2, 0.25) is 0 Å². The van der Waals surface area contributed by atoms with Crippen LogP contribution in [-0.2, 0) is 0 Å². The molecule has 0 fully saturated rings. The third-order valence-electron chi connectivity index (χ3n) is 11.2. The van der Waals surface area contributed by atoms with Gasteiger partial charge < -0.3 is 14.7 Å². The summed E-state index contributed by atoms with van der Waals surface area (Å²) in [5.74, 6) is 1.80. The second kappa shape index (κ2) is 16.8. The summed E-state index contributed by atoms with van der Waals surface area (Å²) < 4.78 is 6.19. The van der Waals surface area contributed by atoms with Crippen molar-refractivity contribution in [3.8, 4) is 50.3 Å². The number of nitrogens with zero attached hydrogens (tertiary/aromatic N) is 2. The van der Waals surface area contributed by atoms with Crippen LogP contribution < -0.4 is 4.74 Å². The van der Waals surface area contributed by atoms with Crippen molar-refractivity contribution < 1.29 is 4.74 Å². The molecule has 5 heterocycles. The normalized spacial score (nSPS) is 12.0. The Kier molecular flexibility index (Phi) is 10.9. The molecule has 0 saturated heterocycles. The van der Waals surface area contributed by atoms with Crippen molar-refractivity contribution in [3.63, 3.8) is 0 Å². The number of aromatic amines is 2. The minimum absolute atomic E-state index is 0.702. The van der Waals surface area contributed by atoms with Crippen LogP contribution in [0.3, 0.4) is 0 Å². The van der Waals surface area contributed by atoms with E-state index in [4.69, 9.17) is 14.7 Å². The van der Waals surface area contributed by atoms with Gasteiger partial charge in [0.2, 0.25) is 0 Å². The van der Waals surface area contributed by atoms with Crippen LogP contribution in [0.1, 0.15) is 65.1 Å². The van der Waals surface area contributed by atoms with Crippen molar-refractivity contribution >= 4 is 59.0 Å². The maximum Gasteiger partial charge on any atom is 0.119 e. The molecule has 0 saturated carbocycles. The summed E-state index contributed by atoms with van der Waals surface area (Å²) in [4.78, 5) is 18.6. The summed E-state index contributed by atoms with van der Waals surface area (Å²) in [6.07, 6.45) is 13.1. The van der Waals surface area contributed by atoms with E-state index in [9.17, 15) is 0 Å². The van der Waals surface area contributed by atoms with E-state index in [1.807, 2.05) is 0 Å². The smallest absolute Gasteiger partial charge is 0.119 e. The molecule has 2 aliphatic heterocycles. The molecule has 0 spiro atoms. The first-order valence-corrected chi connectivity index (χ1v) is 21.3. The van der Waals surface area contributed by atoms with Crippen LogP contribution in [0.5, 0.6) is 5.75 Å². The van der Waals surface area contributed by atoms with Gasteiger partial charge in [0.15, 0.2) is 0 Å². The van der Waals surface area contributed by atoms with Gasteiger partial charge in [-0.05, 0) is 122 Å². The fourth-order valence-electron chi connectivity index (χ4n) is 8.06. The van der Waals surface area contributed by atoms with Crippen LogP contribution in [-0.4, -0.2) is 32.3 Å². The molecule has 8 bridgehead atoms. The average molecular weight is 789 g/mol.